The molecule has 0 aliphatic carbocycles. The Bertz CT molecular complexity index is 559. The summed E-state index contributed by atoms with van der Waals surface area (Å²) in [6, 6.07) is 3.41. The van der Waals surface area contributed by atoms with Gasteiger partial charge in [-0.05, 0) is 48.8 Å². The van der Waals surface area contributed by atoms with Gasteiger partial charge in [0.05, 0.1) is 6.61 Å². The van der Waals surface area contributed by atoms with Crippen molar-refractivity contribution in [1.82, 2.24) is 4.98 Å². The molecule has 0 bridgehead atoms. The van der Waals surface area contributed by atoms with E-state index in [0.29, 0.717) is 16.2 Å². The lowest BCUT2D eigenvalue weighted by atomic mass is 10.0. The van der Waals surface area contributed by atoms with E-state index in [1.54, 1.807) is 32.9 Å². The average molecular weight is 343 g/mol. The van der Waals surface area contributed by atoms with Crippen molar-refractivity contribution >= 4 is 33.6 Å². The Morgan fingerprint density at radius 2 is 2.25 bits per heavy atom. The maximum Gasteiger partial charge on any atom is 0.331 e. The third-order valence-electron chi connectivity index (χ3n) is 2.95. The first kappa shape index (κ1) is 14.8. The van der Waals surface area contributed by atoms with Gasteiger partial charge in [-0.2, -0.15) is 0 Å². The number of hydrogen-bond acceptors (Lipinski definition) is 5. The average Bonchev–Trinajstić information content (AvgIpc) is 2.38. The van der Waals surface area contributed by atoms with Crippen LogP contribution in [-0.2, 0) is 14.3 Å². The molecule has 0 unspecified atom stereocenters. The number of amides is 1. The van der Waals surface area contributed by atoms with Crippen LogP contribution < -0.4 is 9.64 Å². The number of pyridine rings is 1. The van der Waals surface area contributed by atoms with Crippen LogP contribution in [0.25, 0.3) is 0 Å². The third-order valence-corrected chi connectivity index (χ3v) is 3.39. The second-order valence-electron chi connectivity index (χ2n) is 4.75. The highest BCUT2D eigenvalue weighted by Gasteiger charge is 2.44. The fourth-order valence-electron chi connectivity index (χ4n) is 1.98. The van der Waals surface area contributed by atoms with Gasteiger partial charge < -0.3 is 9.47 Å². The van der Waals surface area contributed by atoms with Crippen molar-refractivity contribution in [3.63, 3.8) is 0 Å². The first-order valence-electron chi connectivity index (χ1n) is 6.17. The fourth-order valence-corrected chi connectivity index (χ4v) is 2.28. The topological polar surface area (TPSA) is 68.7 Å². The van der Waals surface area contributed by atoms with Crippen molar-refractivity contribution in [3.8, 4) is 5.75 Å². The number of hydrogen-bond donors (Lipinski definition) is 0. The van der Waals surface area contributed by atoms with Crippen LogP contribution >= 0.6 is 15.9 Å². The zero-order valence-corrected chi connectivity index (χ0v) is 13.1. The van der Waals surface area contributed by atoms with Gasteiger partial charge >= 0.3 is 5.97 Å². The second kappa shape index (κ2) is 5.40. The van der Waals surface area contributed by atoms with Crippen LogP contribution in [0.5, 0.6) is 5.75 Å². The molecular formula is C13H15BrN2O4. The number of carbonyl (C=O) groups is 2. The minimum Gasteiger partial charge on any atom is -0.480 e. The molecule has 0 N–H and O–H groups in total. The molecule has 20 heavy (non-hydrogen) atoms. The van der Waals surface area contributed by atoms with Crippen molar-refractivity contribution in [2.24, 2.45) is 0 Å². The minimum absolute atomic E-state index is 0.126. The molecule has 0 atom stereocenters. The van der Waals surface area contributed by atoms with Crippen LogP contribution in [0.2, 0.25) is 0 Å². The van der Waals surface area contributed by atoms with Crippen LogP contribution in [0.4, 0.5) is 5.82 Å². The first-order chi connectivity index (χ1) is 9.37. The number of halogens is 1. The van der Waals surface area contributed by atoms with Gasteiger partial charge in [0.15, 0.2) is 18.2 Å². The molecule has 1 aromatic rings. The van der Waals surface area contributed by atoms with E-state index < -0.39 is 11.5 Å². The van der Waals surface area contributed by atoms with Gasteiger partial charge in [-0.3, -0.25) is 9.69 Å². The predicted molar refractivity (Wildman–Crippen MR) is 75.6 cm³/mol. The SMILES string of the molecule is CCOC(=O)C(C)(C)N1C(=O)COc2ccc(Br)nc21. The Labute approximate surface area is 125 Å². The molecule has 0 aromatic carbocycles. The zero-order valence-electron chi connectivity index (χ0n) is 11.5. The first-order valence-corrected chi connectivity index (χ1v) is 6.97. The van der Waals surface area contributed by atoms with Gasteiger partial charge in [-0.25, -0.2) is 9.78 Å². The molecule has 1 aliphatic rings. The number of fused-ring (bicyclic) bond motifs is 1. The lowest BCUT2D eigenvalue weighted by Gasteiger charge is -2.38. The van der Waals surface area contributed by atoms with E-state index in [4.69, 9.17) is 9.47 Å². The smallest absolute Gasteiger partial charge is 0.331 e. The molecule has 1 aromatic heterocycles. The van der Waals surface area contributed by atoms with Crippen LogP contribution in [-0.4, -0.2) is 35.6 Å². The van der Waals surface area contributed by atoms with Gasteiger partial charge in [0.2, 0.25) is 0 Å². The summed E-state index contributed by atoms with van der Waals surface area (Å²) >= 11 is 3.25. The fraction of sp³-hybridized carbons (Fsp3) is 0.462. The van der Waals surface area contributed by atoms with Gasteiger partial charge in [0.1, 0.15) is 10.1 Å². The highest BCUT2D eigenvalue weighted by molar-refractivity contribution is 9.10. The molecular weight excluding hydrogens is 328 g/mol. The van der Waals surface area contributed by atoms with E-state index in [1.807, 2.05) is 0 Å². The van der Waals surface area contributed by atoms with Gasteiger partial charge in [-0.1, -0.05) is 0 Å². The Balaban J connectivity index is 2.48. The number of nitrogens with zero attached hydrogens (tertiary/aromatic N) is 2. The minimum atomic E-state index is -1.15. The summed E-state index contributed by atoms with van der Waals surface area (Å²) < 4.78 is 10.9. The molecule has 0 saturated heterocycles. The van der Waals surface area contributed by atoms with Gasteiger partial charge in [-0.15, -0.1) is 0 Å². The zero-order chi connectivity index (χ0) is 14.9. The molecule has 2 heterocycles. The van der Waals surface area contributed by atoms with E-state index in [-0.39, 0.29) is 19.1 Å². The van der Waals surface area contributed by atoms with E-state index in [2.05, 4.69) is 20.9 Å². The Morgan fingerprint density at radius 3 is 2.90 bits per heavy atom. The molecule has 2 rings (SSSR count). The standard InChI is InChI=1S/C13H15BrN2O4/c1-4-19-12(18)13(2,3)16-10(17)7-20-8-5-6-9(14)15-11(8)16/h5-6H,4,7H2,1-3H3. The van der Waals surface area contributed by atoms with E-state index in [0.717, 1.165) is 0 Å². The summed E-state index contributed by atoms with van der Waals surface area (Å²) in [5, 5.41) is 0. The molecule has 0 radical (unpaired) electrons. The van der Waals surface area contributed by atoms with Crippen LogP contribution in [0.3, 0.4) is 0 Å². The summed E-state index contributed by atoms with van der Waals surface area (Å²) in [6.07, 6.45) is 0. The third kappa shape index (κ3) is 2.49. The monoisotopic (exact) mass is 342 g/mol. The molecule has 108 valence electrons. The van der Waals surface area contributed by atoms with E-state index >= 15 is 0 Å². The number of anilines is 1. The summed E-state index contributed by atoms with van der Waals surface area (Å²) in [5.74, 6) is -0.0389. The maximum absolute atomic E-state index is 12.2. The molecule has 1 aliphatic heterocycles. The summed E-state index contributed by atoms with van der Waals surface area (Å²) in [7, 11) is 0. The molecule has 0 saturated carbocycles. The van der Waals surface area contributed by atoms with Crippen molar-refractivity contribution < 1.29 is 19.1 Å². The Morgan fingerprint density at radius 1 is 1.55 bits per heavy atom. The van der Waals surface area contributed by atoms with Crippen molar-refractivity contribution in [1.29, 1.82) is 0 Å². The Hall–Kier alpha value is -1.63. The highest BCUT2D eigenvalue weighted by Crippen LogP contribution is 2.36. The molecule has 7 heteroatoms. The quantitative estimate of drug-likeness (QED) is 0.620. The molecule has 0 fully saturated rings. The highest BCUT2D eigenvalue weighted by atomic mass is 79.9. The summed E-state index contributed by atoms with van der Waals surface area (Å²) in [6.45, 7) is 5.10. The van der Waals surface area contributed by atoms with Crippen LogP contribution in [0.1, 0.15) is 20.8 Å². The number of ether oxygens (including phenoxy) is 2. The molecule has 1 amide bonds. The normalized spacial score (nSPS) is 14.6. The second-order valence-corrected chi connectivity index (χ2v) is 5.57. The number of esters is 1. The van der Waals surface area contributed by atoms with Crippen molar-refractivity contribution in [2.45, 2.75) is 26.3 Å². The van der Waals surface area contributed by atoms with Crippen molar-refractivity contribution in [3.05, 3.63) is 16.7 Å². The van der Waals surface area contributed by atoms with Crippen LogP contribution in [0.15, 0.2) is 16.7 Å². The lowest BCUT2D eigenvalue weighted by Crippen LogP contribution is -2.57. The maximum atomic E-state index is 12.2. The number of rotatable bonds is 3. The lowest BCUT2D eigenvalue weighted by molar-refractivity contribution is -0.150. The molecule has 6 nitrogen and oxygen atoms in total. The number of aromatic nitrogens is 1. The van der Waals surface area contributed by atoms with Gasteiger partial charge in [0.25, 0.3) is 5.91 Å². The summed E-state index contributed by atoms with van der Waals surface area (Å²) in [5.41, 5.74) is -1.15. The van der Waals surface area contributed by atoms with E-state index in [9.17, 15) is 9.59 Å². The van der Waals surface area contributed by atoms with Crippen LogP contribution in [0, 0.1) is 0 Å². The number of carbonyl (C=O) groups excluding carboxylic acids is 2. The van der Waals surface area contributed by atoms with Crippen molar-refractivity contribution in [2.75, 3.05) is 18.1 Å². The van der Waals surface area contributed by atoms with Gasteiger partial charge in [0, 0.05) is 0 Å². The summed E-state index contributed by atoms with van der Waals surface area (Å²) in [4.78, 5) is 29.8. The Kier molecular flexibility index (Phi) is 3.99. The predicted octanol–water partition coefficient (Wildman–Crippen LogP) is 1.91. The molecule has 0 spiro atoms. The largest absolute Gasteiger partial charge is 0.480 e. The van der Waals surface area contributed by atoms with E-state index in [1.165, 1.54) is 4.90 Å².